The second kappa shape index (κ2) is 22.2. The number of rotatable bonds is 14. The van der Waals surface area contributed by atoms with Gasteiger partial charge in [-0.1, -0.05) is 54.6 Å². The second-order valence-electron chi connectivity index (χ2n) is 17.3. The van der Waals surface area contributed by atoms with Gasteiger partial charge in [-0.25, -0.2) is 52.7 Å². The lowest BCUT2D eigenvalue weighted by Gasteiger charge is -2.14. The summed E-state index contributed by atoms with van der Waals surface area (Å²) in [5.74, 6) is -45.5. The first kappa shape index (κ1) is 56.6. The fourth-order valence-corrected chi connectivity index (χ4v) is 8.08. The summed E-state index contributed by atoms with van der Waals surface area (Å²) in [6, 6.07) is 28.8. The van der Waals surface area contributed by atoms with Gasteiger partial charge in [0.2, 0.25) is 46.3 Å². The van der Waals surface area contributed by atoms with Crippen molar-refractivity contribution in [3.63, 3.8) is 0 Å². The number of carbonyl (C=O) groups excluding carboxylic acids is 2. The molecule has 0 unspecified atom stereocenters. The zero-order chi connectivity index (χ0) is 59.3. The number of halogens is 16. The Kier molecular flexibility index (Phi) is 15.3. The maximum absolute atomic E-state index is 15.1. The summed E-state index contributed by atoms with van der Waals surface area (Å²) >= 11 is 0. The van der Waals surface area contributed by atoms with E-state index in [4.69, 9.17) is 18.9 Å². The molecule has 0 aliphatic carbocycles. The van der Waals surface area contributed by atoms with Crippen LogP contribution in [0.25, 0.3) is 22.3 Å². The van der Waals surface area contributed by atoms with Crippen molar-refractivity contribution in [1.82, 2.24) is 0 Å². The van der Waals surface area contributed by atoms with E-state index in [1.165, 1.54) is 66.7 Å². The molecule has 9 aromatic carbocycles. The highest BCUT2D eigenvalue weighted by molar-refractivity contribution is 6.10. The van der Waals surface area contributed by atoms with E-state index in [2.05, 4.69) is 0 Å². The molecular weight excluding hydrogens is 1120 g/mol. The summed E-state index contributed by atoms with van der Waals surface area (Å²) in [6.07, 6.45) is 0. The van der Waals surface area contributed by atoms with Gasteiger partial charge in [0.15, 0.2) is 69.8 Å². The first-order valence-electron chi connectivity index (χ1n) is 23.1. The molecule has 0 heterocycles. The highest BCUT2D eigenvalue weighted by Gasteiger charge is 2.38. The Morgan fingerprint density at radius 2 is 0.537 bits per heavy atom. The molecule has 0 saturated heterocycles. The Morgan fingerprint density at radius 1 is 0.317 bits per heavy atom. The van der Waals surface area contributed by atoms with Crippen molar-refractivity contribution in [2.45, 2.75) is 13.8 Å². The summed E-state index contributed by atoms with van der Waals surface area (Å²) in [7, 11) is 0. The number of nitrogens with zero attached hydrogens (tertiary/aromatic N) is 1. The van der Waals surface area contributed by atoms with Crippen molar-refractivity contribution in [2.75, 3.05) is 0 Å². The molecule has 0 aromatic heterocycles. The third-order valence-corrected chi connectivity index (χ3v) is 12.4. The third-order valence-electron chi connectivity index (χ3n) is 12.4. The number of ether oxygens (including phenoxy) is 4. The van der Waals surface area contributed by atoms with Crippen LogP contribution in [0.2, 0.25) is 0 Å². The molecule has 0 fully saturated rings. The highest BCUT2D eigenvalue weighted by Crippen LogP contribution is 2.41. The summed E-state index contributed by atoms with van der Waals surface area (Å²) < 4.78 is 257. The van der Waals surface area contributed by atoms with Crippen LogP contribution in [-0.2, 0) is 0 Å². The first-order valence-corrected chi connectivity index (χ1v) is 23.1. The van der Waals surface area contributed by atoms with E-state index < -0.39 is 161 Å². The number of benzene rings is 9. The van der Waals surface area contributed by atoms with Gasteiger partial charge in [0, 0.05) is 11.1 Å². The van der Waals surface area contributed by atoms with Gasteiger partial charge in [0.05, 0.1) is 0 Å². The molecule has 9 rings (SSSR count). The molecule has 9 aromatic rings. The van der Waals surface area contributed by atoms with Crippen LogP contribution in [0.15, 0.2) is 115 Å². The minimum Gasteiger partial charge on any atom is -0.456 e. The van der Waals surface area contributed by atoms with E-state index in [1.807, 2.05) is 6.07 Å². The van der Waals surface area contributed by atoms with Crippen LogP contribution in [0.4, 0.5) is 70.2 Å². The molecule has 0 saturated carbocycles. The molecule has 0 aliphatic heterocycles. The summed E-state index contributed by atoms with van der Waals surface area (Å²) in [4.78, 5) is 25.4. The van der Waals surface area contributed by atoms with Crippen molar-refractivity contribution in [3.05, 3.63) is 247 Å². The lowest BCUT2D eigenvalue weighted by Crippen LogP contribution is -2.18. The Labute approximate surface area is 450 Å². The van der Waals surface area contributed by atoms with Crippen LogP contribution in [0, 0.1) is 118 Å². The maximum atomic E-state index is 15.1. The molecule has 0 atom stereocenters. The Morgan fingerprint density at radius 3 is 0.768 bits per heavy atom. The number of hydrogen-bond donors (Lipinski definition) is 0. The van der Waals surface area contributed by atoms with Crippen molar-refractivity contribution < 1.29 is 98.8 Å². The van der Waals surface area contributed by atoms with E-state index in [0.29, 0.717) is 36.1 Å². The lowest BCUT2D eigenvalue weighted by molar-refractivity contribution is 0.100. The lowest BCUT2D eigenvalue weighted by atomic mass is 9.98. The van der Waals surface area contributed by atoms with E-state index >= 15 is 35.1 Å². The predicted molar refractivity (Wildman–Crippen MR) is 257 cm³/mol. The summed E-state index contributed by atoms with van der Waals surface area (Å²) in [5, 5.41) is 10.1. The van der Waals surface area contributed by atoms with E-state index in [1.54, 1.807) is 24.3 Å². The van der Waals surface area contributed by atoms with Gasteiger partial charge in [0.1, 0.15) is 68.4 Å². The normalized spacial score (nSPS) is 11.1. The van der Waals surface area contributed by atoms with Gasteiger partial charge >= 0.3 is 0 Å². The van der Waals surface area contributed by atoms with Crippen LogP contribution in [0.5, 0.6) is 46.0 Å². The van der Waals surface area contributed by atoms with Crippen molar-refractivity contribution in [3.8, 4) is 74.3 Å². The standard InChI is InChI=1S/C59H25F16NO6/c1-23-40(60)44(64)36(45(65)41(23)61)56(77)38-48(68)52(72)58(53(73)49(38)69)81-31-18-10-27(11-19-31)25-6-14-29(15-7-25)79-34-4-3-5-35(33(34)22-76)80-30-16-8-26(9-17-30)28-12-20-32(21-13-28)82-59-54(74)50(70)39(51(71)55(59)75)57(78)37-46(66)42(62)24(2)43(63)47(37)67/h3-21H,1-2H3. The monoisotopic (exact) mass is 1150 g/mol. The van der Waals surface area contributed by atoms with E-state index in [0.717, 1.165) is 24.3 Å². The maximum Gasteiger partial charge on any atom is 0.205 e. The molecule has 23 heteroatoms. The highest BCUT2D eigenvalue weighted by atomic mass is 19.2. The molecule has 7 nitrogen and oxygen atoms in total. The Balaban J connectivity index is 0.841. The van der Waals surface area contributed by atoms with E-state index in [9.17, 15) is 50.0 Å². The number of carbonyl (C=O) groups is 2. The van der Waals surface area contributed by atoms with Gasteiger partial charge in [-0.2, -0.15) is 22.8 Å². The number of hydrogen-bond acceptors (Lipinski definition) is 7. The molecule has 414 valence electrons. The van der Waals surface area contributed by atoms with Gasteiger partial charge in [0.25, 0.3) is 0 Å². The van der Waals surface area contributed by atoms with E-state index in [-0.39, 0.29) is 28.6 Å². The topological polar surface area (TPSA) is 94.8 Å². The first-order chi connectivity index (χ1) is 38.9. The molecule has 82 heavy (non-hydrogen) atoms. The van der Waals surface area contributed by atoms with Crippen LogP contribution in [0.1, 0.15) is 48.5 Å². The number of nitriles is 1. The van der Waals surface area contributed by atoms with Crippen LogP contribution in [-0.4, -0.2) is 11.6 Å². The van der Waals surface area contributed by atoms with Crippen molar-refractivity contribution in [2.24, 2.45) is 0 Å². The molecule has 0 spiro atoms. The zero-order valence-electron chi connectivity index (χ0n) is 40.9. The second-order valence-corrected chi connectivity index (χ2v) is 17.3. The van der Waals surface area contributed by atoms with Crippen molar-refractivity contribution in [1.29, 1.82) is 5.26 Å². The number of ketones is 2. The van der Waals surface area contributed by atoms with Gasteiger partial charge in [-0.05, 0) is 96.8 Å². The Bertz CT molecular complexity index is 3800. The van der Waals surface area contributed by atoms with Crippen LogP contribution < -0.4 is 18.9 Å². The van der Waals surface area contributed by atoms with Gasteiger partial charge in [-0.15, -0.1) is 0 Å². The average molecular weight is 1150 g/mol. The van der Waals surface area contributed by atoms with Crippen molar-refractivity contribution >= 4 is 11.6 Å². The summed E-state index contributed by atoms with van der Waals surface area (Å²) in [5.41, 5.74) is -9.20. The predicted octanol–water partition coefficient (Wildman–Crippen LogP) is 17.4. The molecule has 0 amide bonds. The minimum absolute atomic E-state index is 0.0377. The SMILES string of the molecule is Cc1c(F)c(F)c(C(=O)c2c(F)c(F)c(Oc3ccc(-c4ccc(Oc5cccc(Oc6ccc(-c7ccc(Oc8c(F)c(F)c(C(=O)c9c(F)c(F)c(C)c(F)c9F)c(F)c8F)cc7)cc6)c5C#N)cc4)cc3)c(F)c2F)c(F)c1F. The quantitative estimate of drug-likeness (QED) is 0.0608. The molecule has 0 aliphatic rings. The minimum atomic E-state index is -2.48. The fraction of sp³-hybridized carbons (Fsp3) is 0.0339. The largest absolute Gasteiger partial charge is 0.456 e. The van der Waals surface area contributed by atoms with Crippen LogP contribution >= 0.6 is 0 Å². The Hall–Kier alpha value is -10.1. The van der Waals surface area contributed by atoms with Gasteiger partial charge < -0.3 is 18.9 Å². The smallest absolute Gasteiger partial charge is 0.205 e. The summed E-state index contributed by atoms with van der Waals surface area (Å²) in [6.45, 7) is 1.20. The van der Waals surface area contributed by atoms with Gasteiger partial charge in [-0.3, -0.25) is 9.59 Å². The van der Waals surface area contributed by atoms with Crippen LogP contribution in [0.3, 0.4) is 0 Å². The third kappa shape index (κ3) is 10.0. The fourth-order valence-electron chi connectivity index (χ4n) is 8.08. The molecule has 0 N–H and O–H groups in total. The zero-order valence-corrected chi connectivity index (χ0v) is 40.9. The average Bonchev–Trinajstić information content (AvgIpc) is 3.66. The molecule has 0 bridgehead atoms. The molecular formula is C59H25F16NO6. The molecule has 0 radical (unpaired) electrons.